The van der Waals surface area contributed by atoms with Gasteiger partial charge in [-0.2, -0.15) is 0 Å². The summed E-state index contributed by atoms with van der Waals surface area (Å²) in [6.45, 7) is 12.9. The monoisotopic (exact) mass is 198 g/mol. The minimum Gasteiger partial charge on any atom is -0.397 e. The van der Waals surface area contributed by atoms with E-state index < -0.39 is 0 Å². The van der Waals surface area contributed by atoms with Gasteiger partial charge in [0.2, 0.25) is 0 Å². The Morgan fingerprint density at radius 2 is 2.08 bits per heavy atom. The maximum atomic E-state index is 6.00. The predicted molar refractivity (Wildman–Crippen MR) is 59.0 cm³/mol. The van der Waals surface area contributed by atoms with E-state index in [2.05, 4.69) is 25.1 Å². The van der Waals surface area contributed by atoms with Crippen LogP contribution in [0.5, 0.6) is 0 Å². The van der Waals surface area contributed by atoms with Gasteiger partial charge in [-0.25, -0.2) is 0 Å². The van der Waals surface area contributed by atoms with Gasteiger partial charge in [0.1, 0.15) is 0 Å². The van der Waals surface area contributed by atoms with Crippen molar-refractivity contribution in [3.63, 3.8) is 0 Å². The lowest BCUT2D eigenvalue weighted by molar-refractivity contribution is 1.03. The number of hydrogen-bond acceptors (Lipinski definition) is 2. The number of halogens is 1. The van der Waals surface area contributed by atoms with Crippen molar-refractivity contribution in [3.05, 3.63) is 47.9 Å². The Morgan fingerprint density at radius 3 is 2.38 bits per heavy atom. The van der Waals surface area contributed by atoms with Crippen molar-refractivity contribution in [3.8, 4) is 0 Å². The summed E-state index contributed by atoms with van der Waals surface area (Å²) in [6, 6.07) is 0. The zero-order chi connectivity index (χ0) is 10.4. The van der Waals surface area contributed by atoms with Crippen LogP contribution in [0.15, 0.2) is 47.9 Å². The highest BCUT2D eigenvalue weighted by molar-refractivity contribution is 6.32. The zero-order valence-electron chi connectivity index (χ0n) is 7.86. The minimum atomic E-state index is 0.375. The summed E-state index contributed by atoms with van der Waals surface area (Å²) < 4.78 is 0. The number of hydrogen-bond donors (Lipinski definition) is 2. The van der Waals surface area contributed by atoms with Crippen LogP contribution in [-0.4, -0.2) is 0 Å². The molecule has 3 heteroatoms. The first-order chi connectivity index (χ1) is 6.04. The lowest BCUT2D eigenvalue weighted by Gasteiger charge is -2.10. The van der Waals surface area contributed by atoms with Crippen LogP contribution in [0.25, 0.3) is 0 Å². The molecule has 13 heavy (non-hydrogen) atoms. The first-order valence-corrected chi connectivity index (χ1v) is 4.32. The van der Waals surface area contributed by atoms with Crippen molar-refractivity contribution in [2.45, 2.75) is 13.3 Å². The molecule has 0 bridgehead atoms. The topological polar surface area (TPSA) is 38.0 Å². The van der Waals surface area contributed by atoms with Crippen LogP contribution in [0, 0.1) is 0 Å². The highest BCUT2D eigenvalue weighted by atomic mass is 35.5. The van der Waals surface area contributed by atoms with Crippen LogP contribution in [0.3, 0.4) is 0 Å². The van der Waals surface area contributed by atoms with E-state index in [0.717, 1.165) is 12.0 Å². The number of allylic oxidation sites excluding steroid dienone is 2. The van der Waals surface area contributed by atoms with Crippen LogP contribution < -0.4 is 11.1 Å². The summed E-state index contributed by atoms with van der Waals surface area (Å²) in [5.41, 5.74) is 7.29. The zero-order valence-corrected chi connectivity index (χ0v) is 8.62. The Hall–Kier alpha value is -1.15. The van der Waals surface area contributed by atoms with Crippen LogP contribution in [0.4, 0.5) is 0 Å². The van der Waals surface area contributed by atoms with Gasteiger partial charge in [-0.05, 0) is 18.2 Å². The average molecular weight is 199 g/mol. The SMILES string of the molecule is C=CN/C(C(=C)N)=C(\Cl)C(=C)CC. The molecule has 0 amide bonds. The van der Waals surface area contributed by atoms with Gasteiger partial charge in [0.15, 0.2) is 0 Å². The van der Waals surface area contributed by atoms with Crippen molar-refractivity contribution >= 4 is 11.6 Å². The molecule has 0 aliphatic carbocycles. The Bertz CT molecular complexity index is 264. The molecule has 0 aliphatic heterocycles. The molecule has 0 aromatic heterocycles. The summed E-state index contributed by atoms with van der Waals surface area (Å²) in [6.07, 6.45) is 2.27. The minimum absolute atomic E-state index is 0.375. The van der Waals surface area contributed by atoms with Gasteiger partial charge in [-0.1, -0.05) is 38.3 Å². The van der Waals surface area contributed by atoms with Gasteiger partial charge in [0.25, 0.3) is 0 Å². The van der Waals surface area contributed by atoms with E-state index in [1.54, 1.807) is 0 Å². The molecule has 3 N–H and O–H groups in total. The van der Waals surface area contributed by atoms with Gasteiger partial charge in [-0.15, -0.1) is 0 Å². The largest absolute Gasteiger partial charge is 0.397 e. The van der Waals surface area contributed by atoms with Crippen molar-refractivity contribution in [1.82, 2.24) is 5.32 Å². The lowest BCUT2D eigenvalue weighted by Crippen LogP contribution is -2.14. The Kier molecular flexibility index (Phi) is 5.00. The maximum absolute atomic E-state index is 6.00. The summed E-state index contributed by atoms with van der Waals surface area (Å²) >= 11 is 6.00. The van der Waals surface area contributed by atoms with Crippen molar-refractivity contribution < 1.29 is 0 Å². The van der Waals surface area contributed by atoms with Crippen LogP contribution in [-0.2, 0) is 0 Å². The molecular formula is C10H15ClN2. The van der Waals surface area contributed by atoms with Gasteiger partial charge in [0.05, 0.1) is 10.7 Å². The second kappa shape index (κ2) is 5.49. The molecule has 0 saturated carbocycles. The molecule has 0 spiro atoms. The number of nitrogens with one attached hydrogen (secondary N) is 1. The van der Waals surface area contributed by atoms with Gasteiger partial charge in [0, 0.05) is 5.70 Å². The summed E-state index contributed by atoms with van der Waals surface area (Å²) in [4.78, 5) is 0. The van der Waals surface area contributed by atoms with E-state index in [1.807, 2.05) is 6.92 Å². The van der Waals surface area contributed by atoms with Crippen molar-refractivity contribution in [2.24, 2.45) is 5.73 Å². The Morgan fingerprint density at radius 1 is 1.54 bits per heavy atom. The van der Waals surface area contributed by atoms with E-state index in [-0.39, 0.29) is 0 Å². The van der Waals surface area contributed by atoms with Crippen LogP contribution >= 0.6 is 11.6 Å². The van der Waals surface area contributed by atoms with Gasteiger partial charge < -0.3 is 11.1 Å². The highest BCUT2D eigenvalue weighted by Crippen LogP contribution is 2.21. The second-order valence-corrected chi connectivity index (χ2v) is 2.90. The third kappa shape index (κ3) is 3.38. The van der Waals surface area contributed by atoms with E-state index in [0.29, 0.717) is 16.4 Å². The molecule has 0 rings (SSSR count). The van der Waals surface area contributed by atoms with E-state index in [4.69, 9.17) is 17.3 Å². The predicted octanol–water partition coefficient (Wildman–Crippen LogP) is 2.61. The summed E-state index contributed by atoms with van der Waals surface area (Å²) in [5, 5.41) is 3.33. The maximum Gasteiger partial charge on any atom is 0.0798 e. The van der Waals surface area contributed by atoms with Crippen molar-refractivity contribution in [1.29, 1.82) is 0 Å². The van der Waals surface area contributed by atoms with Crippen LogP contribution in [0.1, 0.15) is 13.3 Å². The van der Waals surface area contributed by atoms with Gasteiger partial charge >= 0.3 is 0 Å². The third-order valence-corrected chi connectivity index (χ3v) is 1.98. The molecule has 0 radical (unpaired) electrons. The highest BCUT2D eigenvalue weighted by Gasteiger charge is 2.06. The molecule has 0 unspecified atom stereocenters. The number of rotatable bonds is 5. The average Bonchev–Trinajstić information content (AvgIpc) is 2.11. The Labute approximate surface area is 84.5 Å². The smallest absolute Gasteiger partial charge is 0.0798 e. The molecule has 0 saturated heterocycles. The molecule has 0 aromatic carbocycles. The molecule has 0 aromatic rings. The molecule has 0 aliphatic rings. The fraction of sp³-hybridized carbons (Fsp3) is 0.200. The summed E-state index contributed by atoms with van der Waals surface area (Å²) in [7, 11) is 0. The third-order valence-electron chi connectivity index (χ3n) is 1.52. The standard InChI is InChI=1S/C10H15ClN2/c1-5-7(3)9(11)10(8(4)12)13-6-2/h6,13H,2-5,12H2,1H3/b10-9-. The van der Waals surface area contributed by atoms with E-state index in [9.17, 15) is 0 Å². The lowest BCUT2D eigenvalue weighted by atomic mass is 10.2. The van der Waals surface area contributed by atoms with Crippen molar-refractivity contribution in [2.75, 3.05) is 0 Å². The number of nitrogens with two attached hydrogens (primary N) is 1. The fourth-order valence-electron chi connectivity index (χ4n) is 0.731. The molecule has 0 heterocycles. The van der Waals surface area contributed by atoms with E-state index in [1.165, 1.54) is 6.20 Å². The normalized spacial score (nSPS) is 11.5. The molecule has 2 nitrogen and oxygen atoms in total. The molecular weight excluding hydrogens is 184 g/mol. The quantitative estimate of drug-likeness (QED) is 0.667. The molecule has 0 atom stereocenters. The Balaban J connectivity index is 4.95. The van der Waals surface area contributed by atoms with Crippen LogP contribution in [0.2, 0.25) is 0 Å². The molecule has 72 valence electrons. The second-order valence-electron chi connectivity index (χ2n) is 2.52. The first-order valence-electron chi connectivity index (χ1n) is 3.94. The summed E-state index contributed by atoms with van der Waals surface area (Å²) in [5.74, 6) is 0. The van der Waals surface area contributed by atoms with Gasteiger partial charge in [-0.3, -0.25) is 0 Å². The molecule has 0 fully saturated rings. The fourth-order valence-corrected chi connectivity index (χ4v) is 1.04. The first kappa shape index (κ1) is 11.8. The van der Waals surface area contributed by atoms with E-state index >= 15 is 0 Å².